The smallest absolute Gasteiger partial charge is 0.295 e. The zero-order valence-corrected chi connectivity index (χ0v) is 18.1. The number of carbonyl (C=O) groups is 2. The first-order chi connectivity index (χ1) is 15.9. The van der Waals surface area contributed by atoms with Gasteiger partial charge in [-0.1, -0.05) is 12.1 Å². The van der Waals surface area contributed by atoms with Gasteiger partial charge in [0.1, 0.15) is 11.6 Å². The fourth-order valence-corrected chi connectivity index (χ4v) is 4.15. The quantitative estimate of drug-likeness (QED) is 0.408. The fourth-order valence-electron chi connectivity index (χ4n) is 4.15. The van der Waals surface area contributed by atoms with Gasteiger partial charge in [-0.25, -0.2) is 8.78 Å². The van der Waals surface area contributed by atoms with E-state index in [1.165, 1.54) is 48.4 Å². The molecule has 2 aliphatic rings. The van der Waals surface area contributed by atoms with Crippen LogP contribution in [0.25, 0.3) is 5.76 Å². The van der Waals surface area contributed by atoms with Gasteiger partial charge in [0.05, 0.1) is 31.9 Å². The lowest BCUT2D eigenvalue weighted by Gasteiger charge is -2.31. The van der Waals surface area contributed by atoms with Crippen molar-refractivity contribution in [3.8, 4) is 5.75 Å². The van der Waals surface area contributed by atoms with Crippen molar-refractivity contribution in [1.82, 2.24) is 9.80 Å². The number of methoxy groups -OCH3 is 1. The van der Waals surface area contributed by atoms with Gasteiger partial charge < -0.3 is 19.5 Å². The predicted octanol–water partition coefficient (Wildman–Crippen LogP) is 2.73. The summed E-state index contributed by atoms with van der Waals surface area (Å²) < 4.78 is 38.1. The number of ether oxygens (including phenoxy) is 2. The molecule has 1 atom stereocenters. The van der Waals surface area contributed by atoms with Crippen molar-refractivity contribution in [3.63, 3.8) is 0 Å². The van der Waals surface area contributed by atoms with Gasteiger partial charge in [-0.05, 0) is 35.9 Å². The lowest BCUT2D eigenvalue weighted by Crippen LogP contribution is -2.42. The van der Waals surface area contributed by atoms with Crippen molar-refractivity contribution in [3.05, 3.63) is 70.8 Å². The Morgan fingerprint density at radius 2 is 1.79 bits per heavy atom. The number of ketones is 1. The number of carbonyl (C=O) groups excluding carboxylic acids is 2. The van der Waals surface area contributed by atoms with Crippen molar-refractivity contribution in [2.45, 2.75) is 6.04 Å². The number of aliphatic hydroxyl groups excluding tert-OH is 1. The SMILES string of the molecule is COc1ccc(C(O)=C2C(=O)C(=O)N(CCN3CCOCC3)[C@@H]2c2ccc(F)cc2)cc1F. The maximum Gasteiger partial charge on any atom is 0.295 e. The number of likely N-dealkylation sites (tertiary alicyclic amines) is 1. The molecule has 2 aromatic carbocycles. The molecule has 7 nitrogen and oxygen atoms in total. The molecular formula is C24H24F2N2O5. The number of hydrogen-bond acceptors (Lipinski definition) is 6. The third-order valence-electron chi connectivity index (χ3n) is 5.91. The second-order valence-corrected chi connectivity index (χ2v) is 7.85. The molecule has 174 valence electrons. The van der Waals surface area contributed by atoms with Crippen LogP contribution in [0.15, 0.2) is 48.0 Å². The lowest BCUT2D eigenvalue weighted by molar-refractivity contribution is -0.140. The number of rotatable bonds is 6. The highest BCUT2D eigenvalue weighted by molar-refractivity contribution is 6.46. The van der Waals surface area contributed by atoms with Crippen molar-refractivity contribution in [2.24, 2.45) is 0 Å². The molecule has 2 aliphatic heterocycles. The molecular weight excluding hydrogens is 434 g/mol. The van der Waals surface area contributed by atoms with E-state index in [2.05, 4.69) is 4.90 Å². The molecule has 33 heavy (non-hydrogen) atoms. The zero-order valence-electron chi connectivity index (χ0n) is 18.1. The summed E-state index contributed by atoms with van der Waals surface area (Å²) in [7, 11) is 1.31. The summed E-state index contributed by atoms with van der Waals surface area (Å²) in [4.78, 5) is 29.5. The monoisotopic (exact) mass is 458 g/mol. The van der Waals surface area contributed by atoms with Crippen LogP contribution in [0.2, 0.25) is 0 Å². The van der Waals surface area contributed by atoms with Gasteiger partial charge >= 0.3 is 0 Å². The molecule has 1 N–H and O–H groups in total. The maximum atomic E-state index is 14.3. The number of morpholine rings is 1. The predicted molar refractivity (Wildman–Crippen MR) is 116 cm³/mol. The molecule has 2 saturated heterocycles. The van der Waals surface area contributed by atoms with Crippen LogP contribution < -0.4 is 4.74 Å². The first-order valence-electron chi connectivity index (χ1n) is 10.6. The normalized spacial score (nSPS) is 20.9. The molecule has 4 rings (SSSR count). The lowest BCUT2D eigenvalue weighted by atomic mass is 9.95. The van der Waals surface area contributed by atoms with E-state index in [4.69, 9.17) is 9.47 Å². The van der Waals surface area contributed by atoms with E-state index in [1.807, 2.05) is 0 Å². The van der Waals surface area contributed by atoms with Crippen LogP contribution in [0.1, 0.15) is 17.2 Å². The minimum atomic E-state index is -0.934. The van der Waals surface area contributed by atoms with E-state index in [1.54, 1.807) is 0 Å². The Labute approximate surface area is 189 Å². The molecule has 0 spiro atoms. The third kappa shape index (κ3) is 4.60. The molecule has 0 saturated carbocycles. The van der Waals surface area contributed by atoms with Gasteiger partial charge in [0, 0.05) is 31.7 Å². The Balaban J connectivity index is 1.74. The second-order valence-electron chi connectivity index (χ2n) is 7.85. The topological polar surface area (TPSA) is 79.3 Å². The van der Waals surface area contributed by atoms with Crippen molar-refractivity contribution in [1.29, 1.82) is 0 Å². The summed E-state index contributed by atoms with van der Waals surface area (Å²) in [5, 5.41) is 11.0. The maximum absolute atomic E-state index is 14.3. The molecule has 2 fully saturated rings. The van der Waals surface area contributed by atoms with Crippen molar-refractivity contribution >= 4 is 17.4 Å². The molecule has 0 bridgehead atoms. The van der Waals surface area contributed by atoms with Crippen molar-refractivity contribution < 1.29 is 33.0 Å². The highest BCUT2D eigenvalue weighted by atomic mass is 19.1. The van der Waals surface area contributed by atoms with Gasteiger partial charge in [0.25, 0.3) is 11.7 Å². The largest absolute Gasteiger partial charge is 0.507 e. The Morgan fingerprint density at radius 3 is 2.42 bits per heavy atom. The Morgan fingerprint density at radius 1 is 1.09 bits per heavy atom. The molecule has 2 heterocycles. The molecule has 0 aromatic heterocycles. The summed E-state index contributed by atoms with van der Waals surface area (Å²) in [6.45, 7) is 3.31. The minimum absolute atomic E-state index is 0.0207. The number of hydrogen-bond donors (Lipinski definition) is 1. The van der Waals surface area contributed by atoms with Crippen LogP contribution in [0.4, 0.5) is 8.78 Å². The summed E-state index contributed by atoms with van der Waals surface area (Å²) in [5.41, 5.74) is 0.331. The van der Waals surface area contributed by atoms with Gasteiger partial charge in [0.2, 0.25) is 0 Å². The summed E-state index contributed by atoms with van der Waals surface area (Å²) in [6.07, 6.45) is 0. The van der Waals surface area contributed by atoms with E-state index >= 15 is 0 Å². The Kier molecular flexibility index (Phi) is 6.71. The number of Topliss-reactive ketones (excluding diaryl/α,β-unsaturated/α-hetero) is 1. The first-order valence-corrected chi connectivity index (χ1v) is 10.6. The van der Waals surface area contributed by atoms with E-state index in [9.17, 15) is 23.5 Å². The van der Waals surface area contributed by atoms with Gasteiger partial charge in [0.15, 0.2) is 11.6 Å². The average Bonchev–Trinajstić information content (AvgIpc) is 3.08. The van der Waals surface area contributed by atoms with Crippen LogP contribution in [0, 0.1) is 11.6 Å². The standard InChI is InChI=1S/C24H24F2N2O5/c1-32-19-7-4-16(14-18(19)26)22(29)20-21(15-2-5-17(25)6-3-15)28(24(31)23(20)30)9-8-27-10-12-33-13-11-27/h2-7,14,21,29H,8-13H2,1H3/t21-/m1/s1. The molecule has 0 unspecified atom stereocenters. The number of amides is 1. The number of benzene rings is 2. The van der Waals surface area contributed by atoms with Gasteiger partial charge in [-0.2, -0.15) is 0 Å². The van der Waals surface area contributed by atoms with Crippen LogP contribution in [-0.2, 0) is 14.3 Å². The minimum Gasteiger partial charge on any atom is -0.507 e. The highest BCUT2D eigenvalue weighted by Gasteiger charge is 2.46. The molecule has 0 aliphatic carbocycles. The van der Waals surface area contributed by atoms with E-state index in [0.717, 1.165) is 6.07 Å². The number of halogens is 2. The summed E-state index contributed by atoms with van der Waals surface area (Å²) in [5.74, 6) is -3.36. The van der Waals surface area contributed by atoms with Crippen LogP contribution in [0.5, 0.6) is 5.75 Å². The Bertz CT molecular complexity index is 1080. The summed E-state index contributed by atoms with van der Waals surface area (Å²) in [6, 6.07) is 8.22. The van der Waals surface area contributed by atoms with Gasteiger partial charge in [-0.3, -0.25) is 14.5 Å². The number of nitrogens with zero attached hydrogens (tertiary/aromatic N) is 2. The van der Waals surface area contributed by atoms with Crippen LogP contribution >= 0.6 is 0 Å². The van der Waals surface area contributed by atoms with Crippen LogP contribution in [0.3, 0.4) is 0 Å². The third-order valence-corrected chi connectivity index (χ3v) is 5.91. The molecule has 0 radical (unpaired) electrons. The van der Waals surface area contributed by atoms with E-state index < -0.39 is 35.1 Å². The zero-order chi connectivity index (χ0) is 23.5. The first kappa shape index (κ1) is 22.9. The van der Waals surface area contributed by atoms with Crippen molar-refractivity contribution in [2.75, 3.05) is 46.5 Å². The fraction of sp³-hybridized carbons (Fsp3) is 0.333. The Hall–Kier alpha value is -3.30. The van der Waals surface area contributed by atoms with E-state index in [-0.39, 0.29) is 23.4 Å². The highest BCUT2D eigenvalue weighted by Crippen LogP contribution is 2.39. The van der Waals surface area contributed by atoms with Gasteiger partial charge in [-0.15, -0.1) is 0 Å². The molecule has 2 aromatic rings. The summed E-state index contributed by atoms with van der Waals surface area (Å²) >= 11 is 0. The molecule has 9 heteroatoms. The second kappa shape index (κ2) is 9.68. The van der Waals surface area contributed by atoms with E-state index in [0.29, 0.717) is 38.4 Å². The average molecular weight is 458 g/mol. The number of aliphatic hydroxyl groups is 1. The van der Waals surface area contributed by atoms with Crippen LogP contribution in [-0.4, -0.2) is 73.1 Å². The molecule has 1 amide bonds.